The Bertz CT molecular complexity index is 464. The van der Waals surface area contributed by atoms with Crippen LogP contribution in [0.1, 0.15) is 24.8 Å². The third kappa shape index (κ3) is 4.74. The minimum absolute atomic E-state index is 0.0648. The van der Waals surface area contributed by atoms with Crippen molar-refractivity contribution in [3.05, 3.63) is 38.9 Å². The Morgan fingerprint density at radius 3 is 2.95 bits per heavy atom. The van der Waals surface area contributed by atoms with Gasteiger partial charge in [-0.1, -0.05) is 17.7 Å². The van der Waals surface area contributed by atoms with Crippen LogP contribution in [0.3, 0.4) is 0 Å². The SMILES string of the molecule is O=[N+]([O-])c1cccc(Cl)c1CNCCCOCC1CC1. The summed E-state index contributed by atoms with van der Waals surface area (Å²) in [5.74, 6) is 0.786. The highest BCUT2D eigenvalue weighted by Crippen LogP contribution is 2.28. The van der Waals surface area contributed by atoms with Gasteiger partial charge in [-0.2, -0.15) is 0 Å². The number of nitrogens with one attached hydrogen (secondary N) is 1. The van der Waals surface area contributed by atoms with Crippen LogP contribution in [-0.4, -0.2) is 24.7 Å². The van der Waals surface area contributed by atoms with E-state index in [1.807, 2.05) is 0 Å². The molecule has 0 saturated heterocycles. The number of hydrogen-bond donors (Lipinski definition) is 1. The topological polar surface area (TPSA) is 64.4 Å². The Kier molecular flexibility index (Phi) is 5.76. The van der Waals surface area contributed by atoms with E-state index in [9.17, 15) is 10.1 Å². The molecule has 1 aromatic rings. The fourth-order valence-corrected chi connectivity index (χ4v) is 2.18. The van der Waals surface area contributed by atoms with Crippen molar-refractivity contribution in [3.8, 4) is 0 Å². The van der Waals surface area contributed by atoms with Crippen molar-refractivity contribution in [1.82, 2.24) is 5.32 Å². The van der Waals surface area contributed by atoms with Crippen LogP contribution < -0.4 is 5.32 Å². The first kappa shape index (κ1) is 15.2. The van der Waals surface area contributed by atoms with Gasteiger partial charge in [0.2, 0.25) is 0 Å². The zero-order valence-corrected chi connectivity index (χ0v) is 12.1. The summed E-state index contributed by atoms with van der Waals surface area (Å²) in [6.45, 7) is 2.76. The lowest BCUT2D eigenvalue weighted by molar-refractivity contribution is -0.385. The molecule has 0 aromatic heterocycles. The van der Waals surface area contributed by atoms with Crippen molar-refractivity contribution in [2.45, 2.75) is 25.8 Å². The zero-order valence-electron chi connectivity index (χ0n) is 11.3. The predicted octanol–water partition coefficient (Wildman–Crippen LogP) is 3.15. The molecule has 0 atom stereocenters. The molecule has 0 aliphatic heterocycles. The quantitative estimate of drug-likeness (QED) is 0.432. The lowest BCUT2D eigenvalue weighted by atomic mass is 10.2. The van der Waals surface area contributed by atoms with Crippen LogP contribution in [0.5, 0.6) is 0 Å². The molecule has 6 heteroatoms. The molecule has 0 amide bonds. The van der Waals surface area contributed by atoms with E-state index in [0.717, 1.165) is 32.1 Å². The first-order valence-electron chi connectivity index (χ1n) is 6.88. The van der Waals surface area contributed by atoms with Gasteiger partial charge in [-0.3, -0.25) is 10.1 Å². The smallest absolute Gasteiger partial charge is 0.275 e. The average Bonchev–Trinajstić information content (AvgIpc) is 3.23. The summed E-state index contributed by atoms with van der Waals surface area (Å²) in [7, 11) is 0. The van der Waals surface area contributed by atoms with E-state index in [0.29, 0.717) is 17.1 Å². The maximum absolute atomic E-state index is 10.9. The monoisotopic (exact) mass is 298 g/mol. The molecule has 2 rings (SSSR count). The second-order valence-electron chi connectivity index (χ2n) is 5.04. The number of hydrogen-bond acceptors (Lipinski definition) is 4. The van der Waals surface area contributed by atoms with Crippen molar-refractivity contribution >= 4 is 17.3 Å². The van der Waals surface area contributed by atoms with Gasteiger partial charge in [0.1, 0.15) is 0 Å². The van der Waals surface area contributed by atoms with Crippen LogP contribution in [0.25, 0.3) is 0 Å². The van der Waals surface area contributed by atoms with E-state index in [4.69, 9.17) is 16.3 Å². The van der Waals surface area contributed by atoms with E-state index < -0.39 is 4.92 Å². The van der Waals surface area contributed by atoms with Gasteiger partial charge in [0.15, 0.2) is 0 Å². The van der Waals surface area contributed by atoms with Crippen molar-refractivity contribution in [1.29, 1.82) is 0 Å². The fourth-order valence-electron chi connectivity index (χ4n) is 1.94. The predicted molar refractivity (Wildman–Crippen MR) is 78.0 cm³/mol. The Morgan fingerprint density at radius 1 is 1.45 bits per heavy atom. The summed E-state index contributed by atoms with van der Waals surface area (Å²) in [4.78, 5) is 10.5. The number of nitro benzene ring substituents is 1. The first-order valence-corrected chi connectivity index (χ1v) is 7.26. The maximum Gasteiger partial charge on any atom is 0.275 e. The molecule has 0 spiro atoms. The Morgan fingerprint density at radius 2 is 2.25 bits per heavy atom. The van der Waals surface area contributed by atoms with Crippen molar-refractivity contribution in [2.75, 3.05) is 19.8 Å². The van der Waals surface area contributed by atoms with E-state index in [-0.39, 0.29) is 5.69 Å². The largest absolute Gasteiger partial charge is 0.381 e. The molecule has 1 N–H and O–H groups in total. The summed E-state index contributed by atoms with van der Waals surface area (Å²) >= 11 is 6.01. The summed E-state index contributed by atoms with van der Waals surface area (Å²) in [6, 6.07) is 4.74. The van der Waals surface area contributed by atoms with Gasteiger partial charge in [0.25, 0.3) is 5.69 Å². The number of ether oxygens (including phenoxy) is 1. The molecule has 5 nitrogen and oxygen atoms in total. The van der Waals surface area contributed by atoms with Gasteiger partial charge in [0.05, 0.1) is 15.5 Å². The molecule has 1 saturated carbocycles. The average molecular weight is 299 g/mol. The van der Waals surface area contributed by atoms with E-state index in [1.54, 1.807) is 12.1 Å². The normalized spacial score (nSPS) is 14.4. The van der Waals surface area contributed by atoms with Crippen molar-refractivity contribution in [2.24, 2.45) is 5.92 Å². The third-order valence-corrected chi connectivity index (χ3v) is 3.64. The zero-order chi connectivity index (χ0) is 14.4. The molecule has 0 unspecified atom stereocenters. The molecule has 0 bridgehead atoms. The molecule has 1 aliphatic carbocycles. The fraction of sp³-hybridized carbons (Fsp3) is 0.571. The van der Waals surface area contributed by atoms with Crippen LogP contribution in [0.4, 0.5) is 5.69 Å². The minimum Gasteiger partial charge on any atom is -0.381 e. The molecular formula is C14H19ClN2O3. The van der Waals surface area contributed by atoms with Crippen molar-refractivity contribution in [3.63, 3.8) is 0 Å². The first-order chi connectivity index (χ1) is 9.68. The summed E-state index contributed by atoms with van der Waals surface area (Å²) in [5, 5.41) is 14.5. The van der Waals surface area contributed by atoms with Crippen molar-refractivity contribution < 1.29 is 9.66 Å². The molecule has 1 aromatic carbocycles. The molecule has 0 heterocycles. The van der Waals surface area contributed by atoms with E-state index >= 15 is 0 Å². The molecule has 0 radical (unpaired) electrons. The Labute approximate surface area is 123 Å². The van der Waals surface area contributed by atoms with Gasteiger partial charge < -0.3 is 10.1 Å². The third-order valence-electron chi connectivity index (χ3n) is 3.29. The standard InChI is InChI=1S/C14H19ClN2O3/c15-13-3-1-4-14(17(18)19)12(13)9-16-7-2-8-20-10-11-5-6-11/h1,3-4,11,16H,2,5-10H2. The summed E-state index contributed by atoms with van der Waals surface area (Å²) in [6.07, 6.45) is 3.49. The Balaban J connectivity index is 1.68. The van der Waals surface area contributed by atoms with Crippen LogP contribution >= 0.6 is 11.6 Å². The Hall–Kier alpha value is -1.17. The van der Waals surface area contributed by atoms with Gasteiger partial charge in [0, 0.05) is 25.8 Å². The molecule has 1 aliphatic rings. The van der Waals surface area contributed by atoms with E-state index in [1.165, 1.54) is 18.9 Å². The van der Waals surface area contributed by atoms with Gasteiger partial charge in [-0.15, -0.1) is 0 Å². The number of benzene rings is 1. The maximum atomic E-state index is 10.9. The highest BCUT2D eigenvalue weighted by Gasteiger charge is 2.20. The van der Waals surface area contributed by atoms with Crippen LogP contribution in [0.15, 0.2) is 18.2 Å². The van der Waals surface area contributed by atoms with Gasteiger partial charge in [-0.05, 0) is 37.8 Å². The van der Waals surface area contributed by atoms with Gasteiger partial charge >= 0.3 is 0 Å². The van der Waals surface area contributed by atoms with Crippen LogP contribution in [0.2, 0.25) is 5.02 Å². The minimum atomic E-state index is -0.401. The molecule has 20 heavy (non-hydrogen) atoms. The highest BCUT2D eigenvalue weighted by atomic mass is 35.5. The van der Waals surface area contributed by atoms with Crippen LogP contribution in [-0.2, 0) is 11.3 Å². The molecular weight excluding hydrogens is 280 g/mol. The lowest BCUT2D eigenvalue weighted by Crippen LogP contribution is -2.17. The summed E-state index contributed by atoms with van der Waals surface area (Å²) < 4.78 is 5.52. The van der Waals surface area contributed by atoms with Gasteiger partial charge in [-0.25, -0.2) is 0 Å². The molecule has 1 fully saturated rings. The number of rotatable bonds is 9. The lowest BCUT2D eigenvalue weighted by Gasteiger charge is -2.08. The second kappa shape index (κ2) is 7.57. The molecule has 110 valence electrons. The second-order valence-corrected chi connectivity index (χ2v) is 5.45. The highest BCUT2D eigenvalue weighted by molar-refractivity contribution is 6.31. The van der Waals surface area contributed by atoms with E-state index in [2.05, 4.69) is 5.32 Å². The number of nitro groups is 1. The summed E-state index contributed by atoms with van der Waals surface area (Å²) in [5.41, 5.74) is 0.605. The van der Waals surface area contributed by atoms with Crippen LogP contribution in [0, 0.1) is 16.0 Å². The number of nitrogens with zero attached hydrogens (tertiary/aromatic N) is 1. The number of halogens is 1.